The van der Waals surface area contributed by atoms with Crippen LogP contribution in [0.15, 0.2) is 23.2 Å². The van der Waals surface area contributed by atoms with Gasteiger partial charge < -0.3 is 20.3 Å². The van der Waals surface area contributed by atoms with Gasteiger partial charge in [-0.05, 0) is 70.7 Å². The fraction of sp³-hybridized carbons (Fsp3) is 0.667. The Kier molecular flexibility index (Phi) is 11.1. The summed E-state index contributed by atoms with van der Waals surface area (Å²) in [6, 6.07) is 7.44. The van der Waals surface area contributed by atoms with Gasteiger partial charge >= 0.3 is 0 Å². The number of ether oxygens (including phenoxy) is 1. The average Bonchev–Trinajstić information content (AvgIpc) is 2.58. The van der Waals surface area contributed by atoms with Crippen LogP contribution >= 0.6 is 24.0 Å². The number of hydrogen-bond donors (Lipinski definition) is 2. The van der Waals surface area contributed by atoms with Crippen LogP contribution in [0.4, 0.5) is 0 Å². The van der Waals surface area contributed by atoms with E-state index in [1.54, 1.807) is 0 Å². The number of guanidine groups is 1. The molecule has 0 unspecified atom stereocenters. The molecule has 1 aliphatic rings. The van der Waals surface area contributed by atoms with Gasteiger partial charge in [0.15, 0.2) is 5.96 Å². The third-order valence-corrected chi connectivity index (χ3v) is 4.77. The summed E-state index contributed by atoms with van der Waals surface area (Å²) in [5.41, 5.74) is 2.46. The molecule has 0 atom stereocenters. The number of benzene rings is 1. The van der Waals surface area contributed by atoms with E-state index in [1.807, 2.05) is 0 Å². The molecular formula is C21H37IN4O. The SMILES string of the molecule is CCNC(=NCCOc1cc(C)cc(C)c1)NC1CCN(C(C)C)CC1.I. The standard InChI is InChI=1S/C21H36N4O.HI/c1-6-22-21(24-19-7-10-25(11-8-19)16(2)3)23-9-12-26-20-14-17(4)13-18(5)15-20;/h13-16,19H,6-12H2,1-5H3,(H2,22,23,24);1H. The molecule has 1 fully saturated rings. The second-order valence-electron chi connectivity index (χ2n) is 7.48. The summed E-state index contributed by atoms with van der Waals surface area (Å²) in [4.78, 5) is 7.22. The Morgan fingerprint density at radius 3 is 2.37 bits per heavy atom. The fourth-order valence-corrected chi connectivity index (χ4v) is 3.41. The summed E-state index contributed by atoms with van der Waals surface area (Å²) in [6.45, 7) is 15.3. The number of aliphatic imine (C=N–C) groups is 1. The number of aryl methyl sites for hydroxylation is 2. The van der Waals surface area contributed by atoms with E-state index in [9.17, 15) is 0 Å². The highest BCUT2D eigenvalue weighted by Crippen LogP contribution is 2.16. The lowest BCUT2D eigenvalue weighted by molar-refractivity contribution is 0.167. The molecule has 0 radical (unpaired) electrons. The van der Waals surface area contributed by atoms with Crippen molar-refractivity contribution in [3.05, 3.63) is 29.3 Å². The van der Waals surface area contributed by atoms with Crippen molar-refractivity contribution < 1.29 is 4.74 Å². The smallest absolute Gasteiger partial charge is 0.191 e. The molecule has 1 aromatic rings. The van der Waals surface area contributed by atoms with E-state index in [1.165, 1.54) is 24.0 Å². The van der Waals surface area contributed by atoms with E-state index in [0.29, 0.717) is 25.2 Å². The number of nitrogens with zero attached hydrogens (tertiary/aromatic N) is 2. The van der Waals surface area contributed by atoms with Gasteiger partial charge in [-0.1, -0.05) is 6.07 Å². The van der Waals surface area contributed by atoms with E-state index in [-0.39, 0.29) is 24.0 Å². The Morgan fingerprint density at radius 1 is 1.19 bits per heavy atom. The Labute approximate surface area is 182 Å². The van der Waals surface area contributed by atoms with Crippen LogP contribution < -0.4 is 15.4 Å². The van der Waals surface area contributed by atoms with Gasteiger partial charge in [-0.25, -0.2) is 4.99 Å². The van der Waals surface area contributed by atoms with Crippen molar-refractivity contribution in [1.29, 1.82) is 0 Å². The van der Waals surface area contributed by atoms with Crippen LogP contribution in [0.25, 0.3) is 0 Å². The van der Waals surface area contributed by atoms with Crippen LogP contribution in [0.3, 0.4) is 0 Å². The lowest BCUT2D eigenvalue weighted by Crippen LogP contribution is -2.50. The lowest BCUT2D eigenvalue weighted by atomic mass is 10.0. The second kappa shape index (κ2) is 12.4. The third kappa shape index (κ3) is 8.68. The maximum Gasteiger partial charge on any atom is 0.191 e. The number of likely N-dealkylation sites (tertiary alicyclic amines) is 1. The van der Waals surface area contributed by atoms with Crippen molar-refractivity contribution in [3.63, 3.8) is 0 Å². The summed E-state index contributed by atoms with van der Waals surface area (Å²) in [6.07, 6.45) is 2.34. The van der Waals surface area contributed by atoms with Gasteiger partial charge in [0.2, 0.25) is 0 Å². The molecular weight excluding hydrogens is 451 g/mol. The van der Waals surface area contributed by atoms with Gasteiger partial charge in [0.05, 0.1) is 6.54 Å². The van der Waals surface area contributed by atoms with Crippen LogP contribution in [0.2, 0.25) is 0 Å². The van der Waals surface area contributed by atoms with Gasteiger partial charge in [-0.2, -0.15) is 0 Å². The molecule has 0 aliphatic carbocycles. The molecule has 0 spiro atoms. The van der Waals surface area contributed by atoms with Crippen LogP contribution in [-0.4, -0.2) is 55.7 Å². The molecule has 1 aromatic carbocycles. The number of piperidine rings is 1. The largest absolute Gasteiger partial charge is 0.492 e. The molecule has 27 heavy (non-hydrogen) atoms. The van der Waals surface area contributed by atoms with Gasteiger partial charge in [0.1, 0.15) is 12.4 Å². The number of halogens is 1. The highest BCUT2D eigenvalue weighted by molar-refractivity contribution is 14.0. The van der Waals surface area contributed by atoms with Crippen LogP contribution in [0.1, 0.15) is 44.7 Å². The lowest BCUT2D eigenvalue weighted by Gasteiger charge is -2.35. The predicted molar refractivity (Wildman–Crippen MR) is 126 cm³/mol. The second-order valence-corrected chi connectivity index (χ2v) is 7.48. The first kappa shape index (κ1) is 24.0. The Morgan fingerprint density at radius 2 is 1.81 bits per heavy atom. The third-order valence-electron chi connectivity index (χ3n) is 4.77. The van der Waals surface area contributed by atoms with Crippen molar-refractivity contribution >= 4 is 29.9 Å². The van der Waals surface area contributed by atoms with Crippen molar-refractivity contribution in [3.8, 4) is 5.75 Å². The maximum atomic E-state index is 5.86. The summed E-state index contributed by atoms with van der Waals surface area (Å²) >= 11 is 0. The van der Waals surface area contributed by atoms with E-state index in [2.05, 4.69) is 73.3 Å². The molecule has 0 saturated carbocycles. The number of nitrogens with one attached hydrogen (secondary N) is 2. The van der Waals surface area contributed by atoms with E-state index >= 15 is 0 Å². The zero-order valence-electron chi connectivity index (χ0n) is 17.5. The highest BCUT2D eigenvalue weighted by Gasteiger charge is 2.21. The predicted octanol–water partition coefficient (Wildman–Crippen LogP) is 3.73. The minimum absolute atomic E-state index is 0. The summed E-state index contributed by atoms with van der Waals surface area (Å²) in [5.74, 6) is 1.83. The minimum Gasteiger partial charge on any atom is -0.492 e. The normalized spacial score (nSPS) is 16.1. The molecule has 1 heterocycles. The van der Waals surface area contributed by atoms with Crippen LogP contribution in [0, 0.1) is 13.8 Å². The molecule has 0 bridgehead atoms. The highest BCUT2D eigenvalue weighted by atomic mass is 127. The first-order chi connectivity index (χ1) is 12.5. The van der Waals surface area contributed by atoms with Gasteiger partial charge in [-0.3, -0.25) is 0 Å². The molecule has 5 nitrogen and oxygen atoms in total. The maximum absolute atomic E-state index is 5.86. The van der Waals surface area contributed by atoms with Crippen LogP contribution in [0.5, 0.6) is 5.75 Å². The van der Waals surface area contributed by atoms with Crippen molar-refractivity contribution in [2.75, 3.05) is 32.8 Å². The van der Waals surface area contributed by atoms with Crippen molar-refractivity contribution in [2.24, 2.45) is 4.99 Å². The molecule has 1 aliphatic heterocycles. The Bertz CT molecular complexity index is 563. The number of hydrogen-bond acceptors (Lipinski definition) is 3. The quantitative estimate of drug-likeness (QED) is 0.266. The fourth-order valence-electron chi connectivity index (χ4n) is 3.41. The summed E-state index contributed by atoms with van der Waals surface area (Å²) < 4.78 is 5.86. The molecule has 0 aromatic heterocycles. The van der Waals surface area contributed by atoms with E-state index in [4.69, 9.17) is 4.74 Å². The molecule has 154 valence electrons. The Hall–Kier alpha value is -1.02. The van der Waals surface area contributed by atoms with Gasteiger partial charge in [0, 0.05) is 31.7 Å². The Balaban J connectivity index is 0.00000364. The molecule has 1 saturated heterocycles. The first-order valence-corrected chi connectivity index (χ1v) is 9.98. The van der Waals surface area contributed by atoms with E-state index < -0.39 is 0 Å². The summed E-state index contributed by atoms with van der Waals surface area (Å²) in [7, 11) is 0. The van der Waals surface area contributed by atoms with Crippen molar-refractivity contribution in [2.45, 2.75) is 59.5 Å². The molecule has 2 N–H and O–H groups in total. The average molecular weight is 488 g/mol. The minimum atomic E-state index is 0. The zero-order valence-corrected chi connectivity index (χ0v) is 19.9. The summed E-state index contributed by atoms with van der Waals surface area (Å²) in [5, 5.41) is 6.94. The van der Waals surface area contributed by atoms with Crippen molar-refractivity contribution in [1.82, 2.24) is 15.5 Å². The van der Waals surface area contributed by atoms with E-state index in [0.717, 1.165) is 31.3 Å². The molecule has 2 rings (SSSR count). The van der Waals surface area contributed by atoms with Gasteiger partial charge in [-0.15, -0.1) is 24.0 Å². The zero-order chi connectivity index (χ0) is 18.9. The number of rotatable bonds is 7. The van der Waals surface area contributed by atoms with Gasteiger partial charge in [0.25, 0.3) is 0 Å². The van der Waals surface area contributed by atoms with Crippen LogP contribution in [-0.2, 0) is 0 Å². The topological polar surface area (TPSA) is 48.9 Å². The molecule has 0 amide bonds. The first-order valence-electron chi connectivity index (χ1n) is 9.98. The molecule has 6 heteroatoms. The monoisotopic (exact) mass is 488 g/mol.